The molecule has 0 bridgehead atoms. The number of carbonyl (C=O) groups excluding carboxylic acids is 2. The molecule has 1 fully saturated rings. The maximum Gasteiger partial charge on any atom is 0.254 e. The lowest BCUT2D eigenvalue weighted by atomic mass is 10.00. The number of rotatable bonds is 6. The number of nitrogens with one attached hydrogen (secondary N) is 1. The van der Waals surface area contributed by atoms with Gasteiger partial charge in [-0.1, -0.05) is 44.2 Å². The second kappa shape index (κ2) is 9.29. The van der Waals surface area contributed by atoms with Gasteiger partial charge in [-0.15, -0.1) is 10.2 Å². The molecule has 0 aliphatic carbocycles. The number of nitrogens with zero attached hydrogens (tertiary/aromatic N) is 7. The smallest absolute Gasteiger partial charge is 0.254 e. The standard InChI is InChI=1S/C22H28N8O2/c1-15(2)19(30-26-20(25-27-30)16-7-5-4-6-8-16)22(32)29-11-9-18(10-12-29)24-21(31)17-13-23-28(3)14-17/h4-8,13-15,18-19H,9-12H2,1-3H3,(H,24,31). The molecule has 0 spiro atoms. The molecule has 4 rings (SSSR count). The van der Waals surface area contributed by atoms with Gasteiger partial charge in [0.1, 0.15) is 0 Å². The van der Waals surface area contributed by atoms with Gasteiger partial charge in [0.15, 0.2) is 6.04 Å². The molecule has 3 heterocycles. The summed E-state index contributed by atoms with van der Waals surface area (Å²) >= 11 is 0. The molecule has 1 aliphatic rings. The fraction of sp³-hybridized carbons (Fsp3) is 0.455. The molecule has 1 unspecified atom stereocenters. The number of hydrogen-bond acceptors (Lipinski definition) is 6. The molecule has 1 saturated heterocycles. The Labute approximate surface area is 186 Å². The average Bonchev–Trinajstić information content (AvgIpc) is 3.44. The summed E-state index contributed by atoms with van der Waals surface area (Å²) in [5.74, 6) is 0.349. The van der Waals surface area contributed by atoms with E-state index >= 15 is 0 Å². The number of benzene rings is 1. The van der Waals surface area contributed by atoms with Gasteiger partial charge in [0.2, 0.25) is 11.7 Å². The van der Waals surface area contributed by atoms with Crippen LogP contribution in [-0.4, -0.2) is 65.8 Å². The van der Waals surface area contributed by atoms with Crippen LogP contribution in [0.4, 0.5) is 0 Å². The minimum absolute atomic E-state index is 0.00308. The third-order valence-electron chi connectivity index (χ3n) is 5.70. The van der Waals surface area contributed by atoms with E-state index in [4.69, 9.17) is 0 Å². The number of likely N-dealkylation sites (tertiary alicyclic amines) is 1. The van der Waals surface area contributed by atoms with Crippen molar-refractivity contribution in [2.75, 3.05) is 13.1 Å². The Morgan fingerprint density at radius 3 is 2.47 bits per heavy atom. The highest BCUT2D eigenvalue weighted by molar-refractivity contribution is 5.93. The summed E-state index contributed by atoms with van der Waals surface area (Å²) in [7, 11) is 1.78. The van der Waals surface area contributed by atoms with Crippen LogP contribution in [0, 0.1) is 5.92 Å². The van der Waals surface area contributed by atoms with E-state index < -0.39 is 6.04 Å². The van der Waals surface area contributed by atoms with Crippen LogP contribution in [0.1, 0.15) is 43.1 Å². The molecule has 10 heteroatoms. The average molecular weight is 437 g/mol. The summed E-state index contributed by atoms with van der Waals surface area (Å²) in [6.07, 6.45) is 4.64. The SMILES string of the molecule is CC(C)C(C(=O)N1CCC(NC(=O)c2cnn(C)c2)CC1)n1nnc(-c2ccccc2)n1. The van der Waals surface area contributed by atoms with Gasteiger partial charge in [-0.3, -0.25) is 14.3 Å². The Kier molecular flexibility index (Phi) is 6.29. The Hall–Kier alpha value is -3.56. The van der Waals surface area contributed by atoms with Crippen LogP contribution in [0.2, 0.25) is 0 Å². The van der Waals surface area contributed by atoms with Crippen LogP contribution in [0.5, 0.6) is 0 Å². The molecule has 2 amide bonds. The fourth-order valence-electron chi connectivity index (χ4n) is 3.93. The summed E-state index contributed by atoms with van der Waals surface area (Å²) in [6, 6.07) is 9.09. The van der Waals surface area contributed by atoms with Crippen molar-refractivity contribution in [3.63, 3.8) is 0 Å². The lowest BCUT2D eigenvalue weighted by Crippen LogP contribution is -2.49. The third-order valence-corrected chi connectivity index (χ3v) is 5.70. The first-order valence-electron chi connectivity index (χ1n) is 10.9. The minimum atomic E-state index is -0.526. The van der Waals surface area contributed by atoms with Gasteiger partial charge in [0, 0.05) is 37.9 Å². The quantitative estimate of drug-likeness (QED) is 0.630. The predicted octanol–water partition coefficient (Wildman–Crippen LogP) is 1.69. The number of aromatic nitrogens is 6. The highest BCUT2D eigenvalue weighted by atomic mass is 16.2. The van der Waals surface area contributed by atoms with E-state index in [0.717, 1.165) is 5.56 Å². The summed E-state index contributed by atoms with van der Waals surface area (Å²) in [5.41, 5.74) is 1.40. The second-order valence-electron chi connectivity index (χ2n) is 8.46. The van der Waals surface area contributed by atoms with Crippen molar-refractivity contribution in [3.05, 3.63) is 48.3 Å². The van der Waals surface area contributed by atoms with Gasteiger partial charge < -0.3 is 10.2 Å². The van der Waals surface area contributed by atoms with E-state index in [1.165, 1.54) is 4.80 Å². The molecule has 1 aliphatic heterocycles. The van der Waals surface area contributed by atoms with Gasteiger partial charge in [-0.25, -0.2) is 0 Å². The Balaban J connectivity index is 1.38. The van der Waals surface area contributed by atoms with Crippen LogP contribution in [-0.2, 0) is 11.8 Å². The first-order chi connectivity index (χ1) is 15.4. The molecule has 1 atom stereocenters. The van der Waals surface area contributed by atoms with Gasteiger partial charge in [-0.2, -0.15) is 9.90 Å². The Bertz CT molecular complexity index is 1070. The van der Waals surface area contributed by atoms with Crippen molar-refractivity contribution < 1.29 is 9.59 Å². The van der Waals surface area contributed by atoms with E-state index in [-0.39, 0.29) is 23.8 Å². The van der Waals surface area contributed by atoms with E-state index in [0.29, 0.717) is 37.3 Å². The van der Waals surface area contributed by atoms with Crippen molar-refractivity contribution in [2.24, 2.45) is 13.0 Å². The monoisotopic (exact) mass is 436 g/mol. The largest absolute Gasteiger partial charge is 0.349 e. The number of tetrazole rings is 1. The van der Waals surface area contributed by atoms with Gasteiger partial charge >= 0.3 is 0 Å². The molecule has 168 valence electrons. The number of amides is 2. The van der Waals surface area contributed by atoms with Gasteiger partial charge in [0.25, 0.3) is 5.91 Å². The van der Waals surface area contributed by atoms with E-state index in [1.807, 2.05) is 49.1 Å². The molecular formula is C22H28N8O2. The molecule has 1 N–H and O–H groups in total. The molecule has 0 radical (unpaired) electrons. The zero-order valence-electron chi connectivity index (χ0n) is 18.5. The van der Waals surface area contributed by atoms with Crippen molar-refractivity contribution in [2.45, 2.75) is 38.8 Å². The third kappa shape index (κ3) is 4.68. The highest BCUT2D eigenvalue weighted by Crippen LogP contribution is 2.23. The van der Waals surface area contributed by atoms with Crippen LogP contribution >= 0.6 is 0 Å². The lowest BCUT2D eigenvalue weighted by Gasteiger charge is -2.35. The van der Waals surface area contributed by atoms with E-state index in [9.17, 15) is 9.59 Å². The zero-order valence-corrected chi connectivity index (χ0v) is 18.5. The summed E-state index contributed by atoms with van der Waals surface area (Å²) in [5, 5.41) is 19.9. The molecule has 2 aromatic heterocycles. The zero-order chi connectivity index (χ0) is 22.7. The molecule has 0 saturated carbocycles. The second-order valence-corrected chi connectivity index (χ2v) is 8.46. The van der Waals surface area contributed by atoms with Gasteiger partial charge in [0.05, 0.1) is 11.8 Å². The first-order valence-corrected chi connectivity index (χ1v) is 10.9. The van der Waals surface area contributed by atoms with Crippen LogP contribution in [0.3, 0.4) is 0 Å². The maximum atomic E-state index is 13.3. The summed E-state index contributed by atoms with van der Waals surface area (Å²) < 4.78 is 1.60. The van der Waals surface area contributed by atoms with Crippen molar-refractivity contribution in [1.29, 1.82) is 0 Å². The summed E-state index contributed by atoms with van der Waals surface area (Å²) in [4.78, 5) is 29.0. The van der Waals surface area contributed by atoms with Gasteiger partial charge in [-0.05, 0) is 24.0 Å². The fourth-order valence-corrected chi connectivity index (χ4v) is 3.93. The number of aryl methyl sites for hydroxylation is 1. The van der Waals surface area contributed by atoms with E-state index in [2.05, 4.69) is 25.8 Å². The van der Waals surface area contributed by atoms with Crippen molar-refractivity contribution in [3.8, 4) is 11.4 Å². The molecule has 3 aromatic rings. The Morgan fingerprint density at radius 1 is 1.12 bits per heavy atom. The summed E-state index contributed by atoms with van der Waals surface area (Å²) in [6.45, 7) is 5.10. The first kappa shape index (κ1) is 21.7. The number of carbonyl (C=O) groups is 2. The van der Waals surface area contributed by atoms with Crippen LogP contribution < -0.4 is 5.32 Å². The minimum Gasteiger partial charge on any atom is -0.349 e. The molecule has 10 nitrogen and oxygen atoms in total. The highest BCUT2D eigenvalue weighted by Gasteiger charge is 2.33. The van der Waals surface area contributed by atoms with Crippen molar-refractivity contribution >= 4 is 11.8 Å². The van der Waals surface area contributed by atoms with Crippen molar-refractivity contribution in [1.82, 2.24) is 40.2 Å². The normalized spacial score (nSPS) is 15.7. The number of piperidine rings is 1. The maximum absolute atomic E-state index is 13.3. The topological polar surface area (TPSA) is 111 Å². The lowest BCUT2D eigenvalue weighted by molar-refractivity contribution is -0.138. The predicted molar refractivity (Wildman–Crippen MR) is 117 cm³/mol. The number of hydrogen-bond donors (Lipinski definition) is 1. The van der Waals surface area contributed by atoms with Crippen LogP contribution in [0.15, 0.2) is 42.7 Å². The molecule has 32 heavy (non-hydrogen) atoms. The van der Waals surface area contributed by atoms with E-state index in [1.54, 1.807) is 24.1 Å². The molecular weight excluding hydrogens is 408 g/mol. The molecule has 1 aromatic carbocycles. The Morgan fingerprint density at radius 2 is 1.84 bits per heavy atom. The van der Waals surface area contributed by atoms with Crippen LogP contribution in [0.25, 0.3) is 11.4 Å².